The Morgan fingerprint density at radius 2 is 1.50 bits per heavy atom. The summed E-state index contributed by atoms with van der Waals surface area (Å²) in [5, 5.41) is 85.5. The number of ketones is 2. The molecule has 5 fully saturated rings. The first-order chi connectivity index (χ1) is 49.1. The minimum Gasteiger partial charge on any atom is -0.394 e. The van der Waals surface area contributed by atoms with Crippen LogP contribution in [0.1, 0.15) is 149 Å². The lowest BCUT2D eigenvalue weighted by molar-refractivity contribution is -0.254. The number of hydrogen-bond acceptors (Lipinski definition) is 24. The second kappa shape index (κ2) is 35.9. The Labute approximate surface area is 597 Å². The molecule has 31 nitrogen and oxygen atoms in total. The molecular weight excluding hydrogens is 1360 g/mol. The van der Waals surface area contributed by atoms with E-state index in [4.69, 9.17) is 37.9 Å². The number of aromatic nitrogens is 3. The van der Waals surface area contributed by atoms with E-state index in [1.165, 1.54) is 47.7 Å². The number of halogens is 2. The molecule has 103 heavy (non-hydrogen) atoms. The second-order valence-electron chi connectivity index (χ2n) is 28.8. The Kier molecular flexibility index (Phi) is 28.2. The van der Waals surface area contributed by atoms with Gasteiger partial charge in [-0.25, -0.2) is 13.5 Å². The van der Waals surface area contributed by atoms with Crippen molar-refractivity contribution in [1.29, 1.82) is 0 Å². The summed E-state index contributed by atoms with van der Waals surface area (Å²) in [6.45, 7) is 10.1. The highest BCUT2D eigenvalue weighted by Gasteiger charge is 2.80. The van der Waals surface area contributed by atoms with Gasteiger partial charge in [0.2, 0.25) is 35.4 Å². The Hall–Kier alpha value is -6.18. The molecule has 0 radical (unpaired) electrons. The fraction of sp³-hybridized carbons (Fsp3) is 0.771. The largest absolute Gasteiger partial charge is 0.394 e. The number of nitrogens with one attached hydrogen (secondary N) is 5. The van der Waals surface area contributed by atoms with Crippen LogP contribution < -0.4 is 26.6 Å². The first kappa shape index (κ1) is 80.9. The van der Waals surface area contributed by atoms with E-state index < -0.39 is 180 Å². The third kappa shape index (κ3) is 17.8. The van der Waals surface area contributed by atoms with Gasteiger partial charge in [-0.05, 0) is 114 Å². The van der Waals surface area contributed by atoms with E-state index in [1.54, 1.807) is 20.8 Å². The van der Waals surface area contributed by atoms with E-state index in [0.717, 1.165) is 25.3 Å². The number of alkyl halides is 2. The molecule has 33 heteroatoms. The predicted molar refractivity (Wildman–Crippen MR) is 357 cm³/mol. The molecule has 0 spiro atoms. The standard InChI is InChI=1S/C70H105F2N9O22/c1-7-13-57-102-52-34-42-43-33-45(71)44-32-41(83)19-21-67(44,5)69(43,72)50(84)35-68(42,6)70(52,103-57)51(85)36-74-63(93)40(4)75-65(95)58(39(2)3)77-64(94)46(76-53(86)20-24-96-26-28-98-30-31-99-29-27-97-25-23-80-55(88)17-18-56(80)89)14-11-12-22-73-54(87)38-100-48-16-10-8-9-15-47-59(48)78-79-81(47)66-62(92)61(91)60(90)49(37-82)101-66/h17-19,21,32,39-40,42-43,45-46,48-50,52,55,57-58,60-62,66,82,84,88,90-92H,7-16,20,22-31,33-38H2,1-6H3,(H,73,87)(H,74,93)(H,75,95)(H,76,86)(H,77,94)/t40-,42-,43-,45-,46+,48?,49+,50-,52+,55?,57?,58-,60-,61-,62+,66+,67-,68-,69-,70+/m0/s1. The number of aliphatic hydroxyl groups excluding tert-OH is 6. The van der Waals surface area contributed by atoms with E-state index in [-0.39, 0.29) is 123 Å². The van der Waals surface area contributed by atoms with E-state index in [0.29, 0.717) is 43.5 Å². The number of fused-ring (bicyclic) bond motifs is 8. The molecular formula is C70H105F2N9O22. The SMILES string of the molecule is CCCC1O[C@@H]2C[C@H]3[C@@H]4C[C@H](F)C5=CC(=O)C=C[C@]5(C)[C@@]4(F)[C@@H](O)C[C@]3(C)[C@]2(C(=O)CNC(=O)[C@H](C)NC(=O)[C@@H](NC(=O)[C@@H](CCCCNC(=O)COC2CCCCCc3c2nnn3[C@@H]2O[C@H](CO)[C@H](O)[C@H](O)[C@H]2O)NC(=O)CCOCCOCCOCCOCCN2C(=O)C=CC2O)C(C)C)O1. The summed E-state index contributed by atoms with van der Waals surface area (Å²) >= 11 is 0. The quantitative estimate of drug-likeness (QED) is 0.0388. The van der Waals surface area contributed by atoms with Gasteiger partial charge in [0.15, 0.2) is 35.4 Å². The molecule has 6 amide bonds. The number of rotatable bonds is 37. The lowest BCUT2D eigenvalue weighted by atomic mass is 9.44. The van der Waals surface area contributed by atoms with Gasteiger partial charge in [-0.1, -0.05) is 58.2 Å². The Balaban J connectivity index is 0.771. The van der Waals surface area contributed by atoms with Crippen LogP contribution in [-0.2, 0) is 82.7 Å². The maximum atomic E-state index is 18.1. The zero-order valence-electron chi connectivity index (χ0n) is 59.6. The van der Waals surface area contributed by atoms with Crippen LogP contribution in [0, 0.1) is 28.6 Å². The number of ether oxygens (including phenoxy) is 8. The van der Waals surface area contributed by atoms with Gasteiger partial charge >= 0.3 is 0 Å². The average Bonchev–Trinajstić information content (AvgIpc) is 1.58. The maximum absolute atomic E-state index is 18.1. The molecule has 20 atom stereocenters. The summed E-state index contributed by atoms with van der Waals surface area (Å²) in [4.78, 5) is 110. The molecule has 1 aromatic heterocycles. The Morgan fingerprint density at radius 1 is 0.796 bits per heavy atom. The monoisotopic (exact) mass is 1460 g/mol. The predicted octanol–water partition coefficient (Wildman–Crippen LogP) is -0.0908. The van der Waals surface area contributed by atoms with Gasteiger partial charge in [0.25, 0.3) is 0 Å². The smallest absolute Gasteiger partial charge is 0.248 e. The summed E-state index contributed by atoms with van der Waals surface area (Å²) in [5.41, 5.74) is -6.34. The highest BCUT2D eigenvalue weighted by Crippen LogP contribution is 2.72. The third-order valence-electron chi connectivity index (χ3n) is 21.8. The van der Waals surface area contributed by atoms with E-state index in [9.17, 15) is 69.0 Å². The van der Waals surface area contributed by atoms with Crippen LogP contribution in [0.25, 0.3) is 0 Å². The van der Waals surface area contributed by atoms with Crippen LogP contribution in [0.4, 0.5) is 8.78 Å². The number of Topliss-reactive ketones (excluding diaryl/α,β-unsaturated/α-hetero) is 1. The lowest BCUT2D eigenvalue weighted by Gasteiger charge is -2.63. The van der Waals surface area contributed by atoms with Crippen molar-refractivity contribution in [2.45, 2.75) is 228 Å². The molecule has 2 saturated heterocycles. The molecule has 5 aliphatic carbocycles. The second-order valence-corrected chi connectivity index (χ2v) is 28.8. The highest BCUT2D eigenvalue weighted by atomic mass is 19.1. The van der Waals surface area contributed by atoms with Crippen molar-refractivity contribution in [3.8, 4) is 0 Å². The van der Waals surface area contributed by atoms with Gasteiger partial charge in [-0.3, -0.25) is 38.4 Å². The topological polar surface area (TPSA) is 426 Å². The summed E-state index contributed by atoms with van der Waals surface area (Å²) in [5.74, 6) is -7.18. The minimum atomic E-state index is -2.43. The van der Waals surface area contributed by atoms with Crippen LogP contribution in [0.15, 0.2) is 36.0 Å². The fourth-order valence-corrected chi connectivity index (χ4v) is 16.2. The fourth-order valence-electron chi connectivity index (χ4n) is 16.2. The molecule has 3 unspecified atom stereocenters. The zero-order chi connectivity index (χ0) is 74.6. The number of hydrogen-bond donors (Lipinski definition) is 11. The number of allylic oxidation sites excluding steroid dienone is 4. The molecule has 3 saturated carbocycles. The van der Waals surface area contributed by atoms with Crippen molar-refractivity contribution >= 4 is 47.0 Å². The van der Waals surface area contributed by atoms with Gasteiger partial charge in [-0.15, -0.1) is 5.10 Å². The number of amides is 6. The first-order valence-corrected chi connectivity index (χ1v) is 36.3. The molecule has 3 aliphatic heterocycles. The zero-order valence-corrected chi connectivity index (χ0v) is 59.6. The first-order valence-electron chi connectivity index (χ1n) is 36.3. The van der Waals surface area contributed by atoms with Crippen molar-refractivity contribution in [2.24, 2.45) is 28.6 Å². The Bertz CT molecular complexity index is 3230. The van der Waals surface area contributed by atoms with Crippen molar-refractivity contribution in [2.75, 3.05) is 85.7 Å². The van der Waals surface area contributed by atoms with Crippen LogP contribution in [0.3, 0.4) is 0 Å². The number of aliphatic hydroxyl groups is 6. The molecule has 0 aromatic carbocycles. The van der Waals surface area contributed by atoms with Crippen LogP contribution >= 0.6 is 0 Å². The number of unbranched alkanes of at least 4 members (excludes halogenated alkanes) is 1. The van der Waals surface area contributed by atoms with Crippen LogP contribution in [0.2, 0.25) is 0 Å². The highest BCUT2D eigenvalue weighted by molar-refractivity contribution is 6.01. The third-order valence-corrected chi connectivity index (χ3v) is 21.8. The van der Waals surface area contributed by atoms with Crippen LogP contribution in [0.5, 0.6) is 0 Å². The molecule has 576 valence electrons. The Morgan fingerprint density at radius 3 is 2.18 bits per heavy atom. The van der Waals surface area contributed by atoms with Crippen molar-refractivity contribution < 1.29 is 116 Å². The average molecular weight is 1460 g/mol. The molecule has 1 aromatic rings. The molecule has 9 rings (SSSR count). The lowest BCUT2D eigenvalue weighted by Crippen LogP contribution is -2.71. The van der Waals surface area contributed by atoms with Crippen molar-refractivity contribution in [3.63, 3.8) is 0 Å². The van der Waals surface area contributed by atoms with Gasteiger partial charge < -0.3 is 100 Å². The van der Waals surface area contributed by atoms with E-state index >= 15 is 8.78 Å². The van der Waals surface area contributed by atoms with Gasteiger partial charge in [0.05, 0.1) is 83.9 Å². The number of carbonyl (C=O) groups excluding carboxylic acids is 8. The molecule has 8 aliphatic rings. The molecule has 0 bridgehead atoms. The van der Waals surface area contributed by atoms with Crippen molar-refractivity contribution in [3.05, 3.63) is 47.3 Å². The van der Waals surface area contributed by atoms with E-state index in [1.807, 2.05) is 6.92 Å². The normalized spacial score (nSPS) is 33.1. The summed E-state index contributed by atoms with van der Waals surface area (Å²) < 4.78 is 82.8. The summed E-state index contributed by atoms with van der Waals surface area (Å²) in [6, 6.07) is -3.77. The minimum absolute atomic E-state index is 0.0421. The van der Waals surface area contributed by atoms with Gasteiger partial charge in [-0.2, -0.15) is 0 Å². The van der Waals surface area contributed by atoms with Crippen LogP contribution in [-0.4, -0.2) is 268 Å². The summed E-state index contributed by atoms with van der Waals surface area (Å²) in [6.07, 6.45) is -3.75. The van der Waals surface area contributed by atoms with E-state index in [2.05, 4.69) is 36.9 Å². The molecule has 4 heterocycles. The maximum Gasteiger partial charge on any atom is 0.248 e. The summed E-state index contributed by atoms with van der Waals surface area (Å²) in [7, 11) is 0. The van der Waals surface area contributed by atoms with Crippen molar-refractivity contribution in [1.82, 2.24) is 46.5 Å². The molecule has 11 N–H and O–H groups in total. The van der Waals surface area contributed by atoms with Gasteiger partial charge in [0.1, 0.15) is 73.3 Å². The number of nitrogens with zero attached hydrogens (tertiary/aromatic N) is 4. The number of carbonyl (C=O) groups is 8. The van der Waals surface area contributed by atoms with Gasteiger partial charge in [0, 0.05) is 42.3 Å².